The van der Waals surface area contributed by atoms with Crippen LogP contribution in [0.4, 0.5) is 5.69 Å². The SMILES string of the molecule is C=C1CCc2ccccc2N1CCCCCCC(CCC)(C(=O)NCCc1ccccc1)c1ccc(O)cc1.CCCC. The topological polar surface area (TPSA) is 52.6 Å². The Labute approximate surface area is 261 Å². The number of hydrogen-bond acceptors (Lipinski definition) is 3. The van der Waals surface area contributed by atoms with Crippen LogP contribution in [0.3, 0.4) is 0 Å². The third kappa shape index (κ3) is 10.0. The summed E-state index contributed by atoms with van der Waals surface area (Å²) >= 11 is 0. The zero-order chi connectivity index (χ0) is 30.9. The Morgan fingerprint density at radius 2 is 1.49 bits per heavy atom. The first-order valence-electron chi connectivity index (χ1n) is 16.6. The van der Waals surface area contributed by atoms with Crippen molar-refractivity contribution >= 4 is 11.6 Å². The van der Waals surface area contributed by atoms with Crippen LogP contribution in [-0.4, -0.2) is 24.1 Å². The van der Waals surface area contributed by atoms with Crippen molar-refractivity contribution in [2.75, 3.05) is 18.0 Å². The van der Waals surface area contributed by atoms with Gasteiger partial charge in [-0.2, -0.15) is 0 Å². The second kappa shape index (κ2) is 18.2. The Kier molecular flexibility index (Phi) is 14.4. The zero-order valence-corrected chi connectivity index (χ0v) is 26.9. The summed E-state index contributed by atoms with van der Waals surface area (Å²) in [5.41, 5.74) is 5.59. The Bertz CT molecular complexity index is 1240. The van der Waals surface area contributed by atoms with E-state index in [0.29, 0.717) is 6.54 Å². The minimum Gasteiger partial charge on any atom is -0.508 e. The number of carbonyl (C=O) groups excluding carboxylic acids is 1. The van der Waals surface area contributed by atoms with Gasteiger partial charge in [0.2, 0.25) is 5.91 Å². The number of hydrogen-bond donors (Lipinski definition) is 2. The number of nitrogens with one attached hydrogen (secondary N) is 1. The number of phenols is 1. The molecule has 0 radical (unpaired) electrons. The molecule has 0 aromatic heterocycles. The lowest BCUT2D eigenvalue weighted by atomic mass is 9.72. The van der Waals surface area contributed by atoms with Crippen molar-refractivity contribution in [2.24, 2.45) is 0 Å². The first kappa shape index (κ1) is 34.0. The van der Waals surface area contributed by atoms with Gasteiger partial charge in [0.05, 0.1) is 5.41 Å². The van der Waals surface area contributed by atoms with Crippen LogP contribution in [0, 0.1) is 0 Å². The number of aryl methyl sites for hydroxylation is 1. The lowest BCUT2D eigenvalue weighted by Crippen LogP contribution is -2.45. The predicted molar refractivity (Wildman–Crippen MR) is 183 cm³/mol. The van der Waals surface area contributed by atoms with E-state index in [2.05, 4.69) is 74.0 Å². The summed E-state index contributed by atoms with van der Waals surface area (Å²) in [6, 6.07) is 26.3. The van der Waals surface area contributed by atoms with Gasteiger partial charge in [-0.15, -0.1) is 0 Å². The van der Waals surface area contributed by atoms with Gasteiger partial charge in [-0.25, -0.2) is 0 Å². The number of nitrogens with zero attached hydrogens (tertiary/aromatic N) is 1. The molecule has 0 spiro atoms. The summed E-state index contributed by atoms with van der Waals surface area (Å²) in [6.07, 6.45) is 12.4. The average molecular weight is 583 g/mol. The van der Waals surface area contributed by atoms with Crippen LogP contribution in [0.25, 0.3) is 0 Å². The van der Waals surface area contributed by atoms with Gasteiger partial charge in [0.1, 0.15) is 5.75 Å². The third-order valence-electron chi connectivity index (χ3n) is 8.66. The van der Waals surface area contributed by atoms with Gasteiger partial charge in [-0.3, -0.25) is 4.79 Å². The molecule has 0 saturated carbocycles. The second-order valence-electron chi connectivity index (χ2n) is 11.9. The van der Waals surface area contributed by atoms with E-state index in [1.165, 1.54) is 35.4 Å². The van der Waals surface area contributed by atoms with E-state index in [1.807, 2.05) is 30.3 Å². The molecule has 1 amide bonds. The maximum atomic E-state index is 13.8. The van der Waals surface area contributed by atoms with E-state index in [-0.39, 0.29) is 11.7 Å². The molecule has 232 valence electrons. The second-order valence-corrected chi connectivity index (χ2v) is 11.9. The fourth-order valence-electron chi connectivity index (χ4n) is 6.01. The number of carbonyl (C=O) groups is 1. The Morgan fingerprint density at radius 3 is 2.19 bits per heavy atom. The number of phenolic OH excluding ortho intramolecular Hbond substituents is 1. The normalized spacial score (nSPS) is 13.8. The van der Waals surface area contributed by atoms with Gasteiger partial charge in [0, 0.05) is 24.5 Å². The molecule has 0 bridgehead atoms. The number of aromatic hydroxyl groups is 1. The van der Waals surface area contributed by atoms with Gasteiger partial charge < -0.3 is 15.3 Å². The molecule has 0 aliphatic carbocycles. The standard InChI is InChI=1S/C35H44N2O2.C4H10/c1-3-24-35(31-19-21-32(38)22-20-31,34(39)36-26-23-29-13-7-6-8-14-29)25-11-4-5-12-27-37-28(2)17-18-30-15-9-10-16-33(30)37;1-3-4-2/h6-10,13-16,19-22,38H,2-5,11-12,17-18,23-27H2,1H3,(H,36,39);3-4H2,1-2H3. The minimum absolute atomic E-state index is 0.104. The highest BCUT2D eigenvalue weighted by molar-refractivity contribution is 5.88. The van der Waals surface area contributed by atoms with E-state index in [4.69, 9.17) is 0 Å². The Morgan fingerprint density at radius 1 is 0.814 bits per heavy atom. The number of unbranched alkanes of at least 4 members (excludes halogenated alkanes) is 4. The van der Waals surface area contributed by atoms with Crippen LogP contribution >= 0.6 is 0 Å². The predicted octanol–water partition coefficient (Wildman–Crippen LogP) is 9.51. The molecule has 1 unspecified atom stereocenters. The first-order chi connectivity index (χ1) is 20.9. The molecule has 0 fully saturated rings. The molecular formula is C39H54N2O2. The van der Waals surface area contributed by atoms with E-state index in [0.717, 1.165) is 76.3 Å². The molecule has 2 N–H and O–H groups in total. The number of fused-ring (bicyclic) bond motifs is 1. The van der Waals surface area contributed by atoms with Crippen LogP contribution < -0.4 is 10.2 Å². The summed E-state index contributed by atoms with van der Waals surface area (Å²) in [5.74, 6) is 0.335. The molecular weight excluding hydrogens is 528 g/mol. The third-order valence-corrected chi connectivity index (χ3v) is 8.66. The monoisotopic (exact) mass is 582 g/mol. The largest absolute Gasteiger partial charge is 0.508 e. The smallest absolute Gasteiger partial charge is 0.230 e. The Balaban J connectivity index is 0.00000119. The average Bonchev–Trinajstić information content (AvgIpc) is 3.04. The number of rotatable bonds is 15. The first-order valence-corrected chi connectivity index (χ1v) is 16.6. The lowest BCUT2D eigenvalue weighted by Gasteiger charge is -2.34. The van der Waals surface area contributed by atoms with Crippen LogP contribution in [0.1, 0.15) is 102 Å². The van der Waals surface area contributed by atoms with Crippen molar-refractivity contribution in [3.63, 3.8) is 0 Å². The van der Waals surface area contributed by atoms with Crippen molar-refractivity contribution in [3.05, 3.63) is 108 Å². The van der Waals surface area contributed by atoms with Crippen LogP contribution in [-0.2, 0) is 23.1 Å². The van der Waals surface area contributed by atoms with Crippen LogP contribution in [0.15, 0.2) is 91.1 Å². The highest BCUT2D eigenvalue weighted by Gasteiger charge is 2.38. The number of anilines is 1. The summed E-state index contributed by atoms with van der Waals surface area (Å²) in [7, 11) is 0. The summed E-state index contributed by atoms with van der Waals surface area (Å²) < 4.78 is 0. The van der Waals surface area contributed by atoms with Crippen molar-refractivity contribution in [2.45, 2.75) is 103 Å². The molecule has 0 saturated heterocycles. The quantitative estimate of drug-likeness (QED) is 0.175. The lowest BCUT2D eigenvalue weighted by molar-refractivity contribution is -0.127. The van der Waals surface area contributed by atoms with Crippen molar-refractivity contribution in [1.82, 2.24) is 5.32 Å². The molecule has 1 heterocycles. The van der Waals surface area contributed by atoms with E-state index in [1.54, 1.807) is 12.1 Å². The molecule has 1 aliphatic rings. The fourth-order valence-corrected chi connectivity index (χ4v) is 6.01. The van der Waals surface area contributed by atoms with E-state index < -0.39 is 5.41 Å². The van der Waals surface area contributed by atoms with Crippen molar-refractivity contribution in [1.29, 1.82) is 0 Å². The van der Waals surface area contributed by atoms with E-state index in [9.17, 15) is 9.90 Å². The van der Waals surface area contributed by atoms with Gasteiger partial charge >= 0.3 is 0 Å². The van der Waals surface area contributed by atoms with Crippen molar-refractivity contribution in [3.8, 4) is 5.75 Å². The summed E-state index contributed by atoms with van der Waals surface area (Å²) in [4.78, 5) is 16.2. The molecule has 4 rings (SSSR count). The summed E-state index contributed by atoms with van der Waals surface area (Å²) in [6.45, 7) is 12.5. The molecule has 1 aliphatic heterocycles. The molecule has 1 atom stereocenters. The van der Waals surface area contributed by atoms with Gasteiger partial charge in [-0.1, -0.05) is 127 Å². The number of amides is 1. The number of para-hydroxylation sites is 1. The maximum Gasteiger partial charge on any atom is 0.230 e. The van der Waals surface area contributed by atoms with E-state index >= 15 is 0 Å². The van der Waals surface area contributed by atoms with Gasteiger partial charge in [0.15, 0.2) is 0 Å². The zero-order valence-electron chi connectivity index (χ0n) is 26.9. The van der Waals surface area contributed by atoms with Gasteiger partial charge in [0.25, 0.3) is 0 Å². The molecule has 3 aromatic rings. The van der Waals surface area contributed by atoms with Crippen molar-refractivity contribution < 1.29 is 9.90 Å². The molecule has 3 aromatic carbocycles. The van der Waals surface area contributed by atoms with Crippen LogP contribution in [0.5, 0.6) is 5.75 Å². The highest BCUT2D eigenvalue weighted by atomic mass is 16.3. The Hall–Kier alpha value is -3.53. The number of benzene rings is 3. The van der Waals surface area contributed by atoms with Crippen LogP contribution in [0.2, 0.25) is 0 Å². The summed E-state index contributed by atoms with van der Waals surface area (Å²) in [5, 5.41) is 13.2. The highest BCUT2D eigenvalue weighted by Crippen LogP contribution is 2.37. The molecule has 4 heteroatoms. The van der Waals surface area contributed by atoms with Gasteiger partial charge in [-0.05, 0) is 73.4 Å². The number of allylic oxidation sites excluding steroid dienone is 1. The molecule has 4 nitrogen and oxygen atoms in total. The fraction of sp³-hybridized carbons (Fsp3) is 0.462. The molecule has 43 heavy (non-hydrogen) atoms. The minimum atomic E-state index is -0.584. The maximum absolute atomic E-state index is 13.8.